The van der Waals surface area contributed by atoms with Gasteiger partial charge in [-0.15, -0.1) is 11.3 Å². The van der Waals surface area contributed by atoms with Gasteiger partial charge in [-0.25, -0.2) is 4.79 Å². The number of ether oxygens (including phenoxy) is 1. The van der Waals surface area contributed by atoms with Crippen LogP contribution in [0.4, 0.5) is 5.00 Å². The van der Waals surface area contributed by atoms with Crippen molar-refractivity contribution in [3.63, 3.8) is 0 Å². The predicted octanol–water partition coefficient (Wildman–Crippen LogP) is 4.38. The van der Waals surface area contributed by atoms with Crippen molar-refractivity contribution in [3.8, 4) is 0 Å². The number of rotatable bonds is 5. The zero-order valence-corrected chi connectivity index (χ0v) is 15.0. The lowest BCUT2D eigenvalue weighted by molar-refractivity contribution is -0.117. The van der Waals surface area contributed by atoms with Crippen molar-refractivity contribution < 1.29 is 14.3 Å². The first kappa shape index (κ1) is 16.7. The first-order chi connectivity index (χ1) is 11.5. The van der Waals surface area contributed by atoms with Crippen LogP contribution in [0.5, 0.6) is 0 Å². The number of carbonyl (C=O) groups is 2. The Morgan fingerprint density at radius 3 is 2.46 bits per heavy atom. The fraction of sp³-hybridized carbons (Fsp3) is 0.368. The summed E-state index contributed by atoms with van der Waals surface area (Å²) in [5, 5.41) is 3.51. The van der Waals surface area contributed by atoms with Crippen molar-refractivity contribution in [1.82, 2.24) is 0 Å². The number of benzene rings is 1. The molecule has 1 saturated carbocycles. The van der Waals surface area contributed by atoms with E-state index in [1.54, 1.807) is 0 Å². The number of anilines is 1. The molecule has 1 fully saturated rings. The minimum Gasteiger partial charge on any atom is -0.457 e. The van der Waals surface area contributed by atoms with Gasteiger partial charge in [0.2, 0.25) is 5.91 Å². The number of hydrogen-bond acceptors (Lipinski definition) is 4. The van der Waals surface area contributed by atoms with Crippen LogP contribution in [0.3, 0.4) is 0 Å². The summed E-state index contributed by atoms with van der Waals surface area (Å²) in [4.78, 5) is 25.6. The molecule has 0 aliphatic heterocycles. The average Bonchev–Trinajstić information content (AvgIpc) is 3.35. The molecule has 0 atom stereocenters. The second-order valence-corrected chi connectivity index (χ2v) is 7.54. The van der Waals surface area contributed by atoms with Gasteiger partial charge >= 0.3 is 5.97 Å². The second-order valence-electron chi connectivity index (χ2n) is 6.31. The molecule has 1 aromatic heterocycles. The number of esters is 1. The first-order valence-electron chi connectivity index (χ1n) is 8.09. The Bertz CT molecular complexity index is 773. The maximum Gasteiger partial charge on any atom is 0.341 e. The molecule has 1 amide bonds. The third-order valence-electron chi connectivity index (χ3n) is 4.26. The smallest absolute Gasteiger partial charge is 0.341 e. The van der Waals surface area contributed by atoms with Gasteiger partial charge in [0.05, 0.1) is 5.56 Å². The Morgan fingerprint density at radius 1 is 1.17 bits per heavy atom. The number of amides is 1. The van der Waals surface area contributed by atoms with Gasteiger partial charge in [0.25, 0.3) is 0 Å². The van der Waals surface area contributed by atoms with Crippen molar-refractivity contribution in [2.45, 2.75) is 40.2 Å². The molecule has 0 radical (unpaired) electrons. The van der Waals surface area contributed by atoms with E-state index in [1.807, 2.05) is 45.0 Å². The van der Waals surface area contributed by atoms with Crippen molar-refractivity contribution in [3.05, 3.63) is 51.4 Å². The minimum atomic E-state index is -0.386. The molecular weight excluding hydrogens is 322 g/mol. The molecule has 0 saturated heterocycles. The van der Waals surface area contributed by atoms with E-state index < -0.39 is 0 Å². The molecule has 1 heterocycles. The fourth-order valence-electron chi connectivity index (χ4n) is 2.43. The second kappa shape index (κ2) is 6.77. The summed E-state index contributed by atoms with van der Waals surface area (Å²) in [6, 6.07) is 7.88. The van der Waals surface area contributed by atoms with Gasteiger partial charge in [-0.3, -0.25) is 4.79 Å². The number of thiophene rings is 1. The van der Waals surface area contributed by atoms with E-state index in [4.69, 9.17) is 4.74 Å². The Labute approximate surface area is 145 Å². The number of aryl methyl sites for hydroxylation is 2. The third-order valence-corrected chi connectivity index (χ3v) is 5.39. The van der Waals surface area contributed by atoms with E-state index >= 15 is 0 Å². The summed E-state index contributed by atoms with van der Waals surface area (Å²) in [6.07, 6.45) is 1.87. The van der Waals surface area contributed by atoms with Gasteiger partial charge in [0, 0.05) is 10.8 Å². The number of carbonyl (C=O) groups excluding carboxylic acids is 2. The lowest BCUT2D eigenvalue weighted by Crippen LogP contribution is -2.16. The Balaban J connectivity index is 1.73. The van der Waals surface area contributed by atoms with Crippen LogP contribution < -0.4 is 5.32 Å². The highest BCUT2D eigenvalue weighted by molar-refractivity contribution is 7.16. The topological polar surface area (TPSA) is 55.4 Å². The highest BCUT2D eigenvalue weighted by atomic mass is 32.1. The van der Waals surface area contributed by atoms with Crippen LogP contribution in [0.2, 0.25) is 0 Å². The summed E-state index contributed by atoms with van der Waals surface area (Å²) in [5.41, 5.74) is 3.47. The molecule has 1 aromatic carbocycles. The van der Waals surface area contributed by atoms with Crippen LogP contribution in [-0.4, -0.2) is 11.9 Å². The van der Waals surface area contributed by atoms with Gasteiger partial charge < -0.3 is 10.1 Å². The lowest BCUT2D eigenvalue weighted by Gasteiger charge is -2.08. The van der Waals surface area contributed by atoms with Crippen molar-refractivity contribution in [2.24, 2.45) is 5.92 Å². The standard InChI is InChI=1S/C19H21NO3S/c1-11-4-6-14(7-5-11)10-23-19(22)16-12(2)13(3)24-18(16)20-17(21)15-8-9-15/h4-7,15H,8-10H2,1-3H3,(H,20,21). The van der Waals surface area contributed by atoms with Gasteiger partial charge in [-0.1, -0.05) is 29.8 Å². The van der Waals surface area contributed by atoms with E-state index in [-0.39, 0.29) is 24.4 Å². The molecule has 2 aromatic rings. The summed E-state index contributed by atoms with van der Waals surface area (Å²) < 4.78 is 5.46. The molecular formula is C19H21NO3S. The first-order valence-corrected chi connectivity index (χ1v) is 8.91. The molecule has 3 rings (SSSR count). The third kappa shape index (κ3) is 3.67. The summed E-state index contributed by atoms with van der Waals surface area (Å²) in [5.74, 6) is -0.281. The zero-order valence-electron chi connectivity index (χ0n) is 14.1. The Kier molecular flexibility index (Phi) is 4.71. The summed E-state index contributed by atoms with van der Waals surface area (Å²) >= 11 is 1.43. The van der Waals surface area contributed by atoms with E-state index in [9.17, 15) is 9.59 Å². The zero-order chi connectivity index (χ0) is 17.3. The highest BCUT2D eigenvalue weighted by Gasteiger charge is 2.31. The molecule has 24 heavy (non-hydrogen) atoms. The van der Waals surface area contributed by atoms with Gasteiger partial charge in [-0.2, -0.15) is 0 Å². The van der Waals surface area contributed by atoms with E-state index in [0.717, 1.165) is 28.8 Å². The Hall–Kier alpha value is -2.14. The van der Waals surface area contributed by atoms with E-state index in [2.05, 4.69) is 5.32 Å². The number of nitrogens with one attached hydrogen (secondary N) is 1. The molecule has 126 valence electrons. The minimum absolute atomic E-state index is 0.00355. The normalized spacial score (nSPS) is 13.6. The maximum atomic E-state index is 12.5. The summed E-state index contributed by atoms with van der Waals surface area (Å²) in [6.45, 7) is 6.08. The maximum absolute atomic E-state index is 12.5. The molecule has 0 unspecified atom stereocenters. The quantitative estimate of drug-likeness (QED) is 0.820. The van der Waals surface area contributed by atoms with Crippen LogP contribution in [0.1, 0.15) is 44.8 Å². The van der Waals surface area contributed by atoms with Crippen molar-refractivity contribution in [2.75, 3.05) is 5.32 Å². The summed E-state index contributed by atoms with van der Waals surface area (Å²) in [7, 11) is 0. The molecule has 5 heteroatoms. The van der Waals surface area contributed by atoms with Gasteiger partial charge in [0.1, 0.15) is 11.6 Å². The van der Waals surface area contributed by atoms with Crippen LogP contribution >= 0.6 is 11.3 Å². The molecule has 1 aliphatic carbocycles. The van der Waals surface area contributed by atoms with Gasteiger partial charge in [0.15, 0.2) is 0 Å². The SMILES string of the molecule is Cc1ccc(COC(=O)c2c(NC(=O)C3CC3)sc(C)c2C)cc1. The molecule has 1 N–H and O–H groups in total. The van der Waals surface area contributed by atoms with Gasteiger partial charge in [-0.05, 0) is 44.7 Å². The average molecular weight is 343 g/mol. The van der Waals surface area contributed by atoms with Crippen LogP contribution in [0, 0.1) is 26.7 Å². The lowest BCUT2D eigenvalue weighted by atomic mass is 10.1. The van der Waals surface area contributed by atoms with Crippen LogP contribution in [0.15, 0.2) is 24.3 Å². The molecule has 0 bridgehead atoms. The van der Waals surface area contributed by atoms with Crippen molar-refractivity contribution >= 4 is 28.2 Å². The highest BCUT2D eigenvalue weighted by Crippen LogP contribution is 2.36. The number of hydrogen-bond donors (Lipinski definition) is 1. The predicted molar refractivity (Wildman–Crippen MR) is 95.4 cm³/mol. The van der Waals surface area contributed by atoms with Crippen molar-refractivity contribution in [1.29, 1.82) is 0 Å². The fourth-order valence-corrected chi connectivity index (χ4v) is 3.48. The largest absolute Gasteiger partial charge is 0.457 e. The Morgan fingerprint density at radius 2 is 1.83 bits per heavy atom. The molecule has 4 nitrogen and oxygen atoms in total. The molecule has 0 spiro atoms. The molecule has 1 aliphatic rings. The van der Waals surface area contributed by atoms with E-state index in [0.29, 0.717) is 10.6 Å². The van der Waals surface area contributed by atoms with E-state index in [1.165, 1.54) is 16.9 Å². The van der Waals surface area contributed by atoms with Crippen LogP contribution in [-0.2, 0) is 16.1 Å². The van der Waals surface area contributed by atoms with Crippen LogP contribution in [0.25, 0.3) is 0 Å². The monoisotopic (exact) mass is 343 g/mol.